The van der Waals surface area contributed by atoms with E-state index in [9.17, 15) is 29.4 Å². The average Bonchev–Trinajstić information content (AvgIpc) is 3.09. The molecule has 51 heavy (non-hydrogen) atoms. The number of methoxy groups -OCH3 is 2. The number of allylic oxidation sites excluding steroid dienone is 3. The molecule has 0 aromatic heterocycles. The largest absolute Gasteiger partial charge is 0.456 e. The van der Waals surface area contributed by atoms with E-state index < -0.39 is 71.8 Å². The second-order valence-electron chi connectivity index (χ2n) is 15.9. The van der Waals surface area contributed by atoms with Crippen molar-refractivity contribution in [3.8, 4) is 0 Å². The molecule has 11 nitrogen and oxygen atoms in total. The number of carbonyl (C=O) groups excluding carboxylic acids is 4. The molecule has 11 heteroatoms. The molecule has 2 saturated heterocycles. The molecule has 4 rings (SSSR count). The molecule has 3 fully saturated rings. The number of hydrogen-bond acceptors (Lipinski definition) is 10. The van der Waals surface area contributed by atoms with Crippen molar-refractivity contribution in [2.24, 2.45) is 29.6 Å². The summed E-state index contributed by atoms with van der Waals surface area (Å²) in [6.45, 7) is 11.5. The lowest BCUT2D eigenvalue weighted by atomic mass is 9.81. The Morgan fingerprint density at radius 1 is 0.980 bits per heavy atom. The third-order valence-electron chi connectivity index (χ3n) is 11.9. The van der Waals surface area contributed by atoms with Gasteiger partial charge in [-0.05, 0) is 93.6 Å². The molecular formula is C40H63NO10. The van der Waals surface area contributed by atoms with Crippen LogP contribution >= 0.6 is 0 Å². The summed E-state index contributed by atoms with van der Waals surface area (Å²) in [5.41, 5.74) is 1.43. The first-order valence-electron chi connectivity index (χ1n) is 19.3. The fourth-order valence-electron chi connectivity index (χ4n) is 8.48. The van der Waals surface area contributed by atoms with Crippen LogP contribution < -0.4 is 0 Å². The SMILES string of the molecule is CC/C1=C\C(C)CC(C)CC(OC)C2OC(O)(C(=O)C(=O)N3CCCCC3C(=O)OC(C(C)=CC3CCC3)C(C)C(O)CC1=O)C(C)CC2OC. The zero-order valence-electron chi connectivity index (χ0n) is 32.1. The van der Waals surface area contributed by atoms with Crippen LogP contribution in [0, 0.1) is 29.6 Å². The maximum absolute atomic E-state index is 14.1. The predicted octanol–water partition coefficient (Wildman–Crippen LogP) is 5.10. The summed E-state index contributed by atoms with van der Waals surface area (Å²) < 4.78 is 24.1. The highest BCUT2D eigenvalue weighted by molar-refractivity contribution is 6.39. The number of nitrogens with zero attached hydrogens (tertiary/aromatic N) is 1. The summed E-state index contributed by atoms with van der Waals surface area (Å²) >= 11 is 0. The van der Waals surface area contributed by atoms with Crippen molar-refractivity contribution in [1.82, 2.24) is 4.90 Å². The molecule has 1 saturated carbocycles. The quantitative estimate of drug-likeness (QED) is 0.224. The number of aliphatic hydroxyl groups excluding tert-OH is 1. The summed E-state index contributed by atoms with van der Waals surface area (Å²) in [6, 6.07) is -1.07. The maximum Gasteiger partial charge on any atom is 0.329 e. The van der Waals surface area contributed by atoms with E-state index in [4.69, 9.17) is 18.9 Å². The molecule has 3 heterocycles. The van der Waals surface area contributed by atoms with Gasteiger partial charge in [-0.25, -0.2) is 4.79 Å². The van der Waals surface area contributed by atoms with Crippen LogP contribution in [-0.2, 0) is 38.1 Å². The Balaban J connectivity index is 1.75. The number of ketones is 2. The van der Waals surface area contributed by atoms with Crippen LogP contribution in [-0.4, -0.2) is 102 Å². The number of hydrogen-bond donors (Lipinski definition) is 2. The Kier molecular flexibility index (Phi) is 14.6. The van der Waals surface area contributed by atoms with Gasteiger partial charge < -0.3 is 34.1 Å². The number of esters is 1. The van der Waals surface area contributed by atoms with Gasteiger partial charge in [-0.15, -0.1) is 0 Å². The summed E-state index contributed by atoms with van der Waals surface area (Å²) in [7, 11) is 3.09. The first kappa shape index (κ1) is 41.3. The van der Waals surface area contributed by atoms with Gasteiger partial charge in [-0.3, -0.25) is 14.4 Å². The number of piperidine rings is 1. The smallest absolute Gasteiger partial charge is 0.329 e. The molecule has 4 aliphatic rings. The Hall–Kier alpha value is -2.44. The lowest BCUT2D eigenvalue weighted by molar-refractivity contribution is -0.302. The van der Waals surface area contributed by atoms with Crippen LogP contribution in [0.25, 0.3) is 0 Å². The van der Waals surface area contributed by atoms with Gasteiger partial charge in [-0.1, -0.05) is 53.2 Å². The van der Waals surface area contributed by atoms with E-state index in [0.29, 0.717) is 37.2 Å². The fraction of sp³-hybridized carbons (Fsp3) is 0.800. The summed E-state index contributed by atoms with van der Waals surface area (Å²) in [5, 5.41) is 23.4. The molecule has 1 amide bonds. The molecular weight excluding hydrogens is 654 g/mol. The summed E-state index contributed by atoms with van der Waals surface area (Å²) in [5.74, 6) is -6.37. The normalized spacial score (nSPS) is 40.0. The Bertz CT molecular complexity index is 1310. The molecule has 0 radical (unpaired) electrons. The van der Waals surface area contributed by atoms with Gasteiger partial charge >= 0.3 is 5.97 Å². The van der Waals surface area contributed by atoms with Gasteiger partial charge in [0, 0.05) is 39.0 Å². The number of rotatable bonds is 5. The van der Waals surface area contributed by atoms with Crippen molar-refractivity contribution in [1.29, 1.82) is 0 Å². The molecule has 0 spiro atoms. The molecule has 2 bridgehead atoms. The number of Topliss-reactive ketones (excluding diaryl/α,β-unsaturated/α-hetero) is 2. The van der Waals surface area contributed by atoms with E-state index >= 15 is 0 Å². The highest BCUT2D eigenvalue weighted by Crippen LogP contribution is 2.39. The molecule has 11 unspecified atom stereocenters. The van der Waals surface area contributed by atoms with Gasteiger partial charge in [0.2, 0.25) is 5.79 Å². The number of aliphatic hydroxyl groups is 2. The Labute approximate surface area is 304 Å². The van der Waals surface area contributed by atoms with Crippen molar-refractivity contribution in [3.63, 3.8) is 0 Å². The number of amides is 1. The van der Waals surface area contributed by atoms with E-state index in [0.717, 1.165) is 31.3 Å². The van der Waals surface area contributed by atoms with Gasteiger partial charge in [0.25, 0.3) is 11.7 Å². The van der Waals surface area contributed by atoms with Gasteiger partial charge in [0.1, 0.15) is 18.2 Å². The third-order valence-corrected chi connectivity index (χ3v) is 11.9. The van der Waals surface area contributed by atoms with Crippen molar-refractivity contribution in [3.05, 3.63) is 23.3 Å². The zero-order chi connectivity index (χ0) is 37.6. The van der Waals surface area contributed by atoms with E-state index in [-0.39, 0.29) is 43.4 Å². The highest BCUT2D eigenvalue weighted by atomic mass is 16.7. The summed E-state index contributed by atoms with van der Waals surface area (Å²) in [6.07, 6.45) is 6.73. The van der Waals surface area contributed by atoms with Crippen LogP contribution in [0.1, 0.15) is 112 Å². The molecule has 0 aromatic rings. The topological polar surface area (TPSA) is 149 Å². The summed E-state index contributed by atoms with van der Waals surface area (Å²) in [4.78, 5) is 57.1. The molecule has 1 aliphatic carbocycles. The minimum Gasteiger partial charge on any atom is -0.456 e. The second-order valence-corrected chi connectivity index (χ2v) is 15.9. The number of fused-ring (bicyclic) bond motifs is 3. The van der Waals surface area contributed by atoms with Crippen LogP contribution in [0.4, 0.5) is 0 Å². The molecule has 2 N–H and O–H groups in total. The lowest BCUT2D eigenvalue weighted by Gasteiger charge is -2.47. The fourth-order valence-corrected chi connectivity index (χ4v) is 8.48. The van der Waals surface area contributed by atoms with Crippen molar-refractivity contribution in [2.45, 2.75) is 155 Å². The van der Waals surface area contributed by atoms with Gasteiger partial charge in [-0.2, -0.15) is 0 Å². The number of carbonyl (C=O) groups is 4. The number of cyclic esters (lactones) is 1. The monoisotopic (exact) mass is 717 g/mol. The zero-order valence-corrected chi connectivity index (χ0v) is 32.1. The van der Waals surface area contributed by atoms with Crippen molar-refractivity contribution < 1.29 is 48.3 Å². The standard InChI is InChI=1S/C40H63NO10/c1-9-29-18-23(2)17-24(3)19-33(48-7)36-34(49-8)21-26(5)40(47,51-36)37(44)38(45)41-16-11-10-15-30(41)39(46)50-35(25(4)20-28-13-12-14-28)27(6)31(42)22-32(29)43/h18,20,23-24,26-28,30-31,33-36,42,47H,9-17,19,21-22H2,1-8H3/b25-20?,29-18+. The van der Waals surface area contributed by atoms with E-state index in [2.05, 4.69) is 19.9 Å². The maximum atomic E-state index is 14.1. The van der Waals surface area contributed by atoms with Gasteiger partial charge in [0.15, 0.2) is 5.78 Å². The van der Waals surface area contributed by atoms with E-state index in [1.54, 1.807) is 28.1 Å². The van der Waals surface area contributed by atoms with E-state index in [1.165, 1.54) is 4.90 Å². The number of ether oxygens (including phenoxy) is 4. The molecule has 3 aliphatic heterocycles. The van der Waals surface area contributed by atoms with Crippen molar-refractivity contribution in [2.75, 3.05) is 20.8 Å². The van der Waals surface area contributed by atoms with Gasteiger partial charge in [0.05, 0.1) is 18.3 Å². The third kappa shape index (κ3) is 9.57. The molecule has 11 atom stereocenters. The van der Waals surface area contributed by atoms with Crippen LogP contribution in [0.2, 0.25) is 0 Å². The van der Waals surface area contributed by atoms with Crippen LogP contribution in [0.15, 0.2) is 23.3 Å². The predicted molar refractivity (Wildman–Crippen MR) is 191 cm³/mol. The van der Waals surface area contributed by atoms with E-state index in [1.807, 2.05) is 19.9 Å². The lowest BCUT2D eigenvalue weighted by Crippen LogP contribution is -2.64. The minimum absolute atomic E-state index is 0.0282. The first-order chi connectivity index (χ1) is 24.1. The minimum atomic E-state index is -2.46. The molecule has 0 aromatic carbocycles. The van der Waals surface area contributed by atoms with Crippen molar-refractivity contribution >= 4 is 23.4 Å². The second kappa shape index (κ2) is 18.1. The van der Waals surface area contributed by atoms with Crippen LogP contribution in [0.3, 0.4) is 0 Å². The first-order valence-corrected chi connectivity index (χ1v) is 19.3. The Morgan fingerprint density at radius 2 is 1.65 bits per heavy atom. The average molecular weight is 718 g/mol. The highest BCUT2D eigenvalue weighted by Gasteiger charge is 2.56. The van der Waals surface area contributed by atoms with Crippen LogP contribution in [0.5, 0.6) is 0 Å². The Morgan fingerprint density at radius 3 is 2.25 bits per heavy atom. The molecule has 288 valence electrons.